The van der Waals surface area contributed by atoms with Gasteiger partial charge in [-0.1, -0.05) is 6.92 Å². The molecule has 0 saturated heterocycles. The highest BCUT2D eigenvalue weighted by Gasteiger charge is 2.07. The van der Waals surface area contributed by atoms with Crippen LogP contribution in [-0.2, 0) is 6.54 Å². The van der Waals surface area contributed by atoms with E-state index < -0.39 is 0 Å². The average molecular weight is 220 g/mol. The lowest BCUT2D eigenvalue weighted by atomic mass is 10.2. The van der Waals surface area contributed by atoms with E-state index in [-0.39, 0.29) is 5.82 Å². The SMILES string of the molecule is CCNCc1cc(F)cnc1-n1cccn1. The minimum Gasteiger partial charge on any atom is -0.313 e. The van der Waals surface area contributed by atoms with Crippen LogP contribution in [0.25, 0.3) is 5.82 Å². The van der Waals surface area contributed by atoms with Crippen LogP contribution in [0.4, 0.5) is 4.39 Å². The molecule has 0 saturated carbocycles. The number of hydrogen-bond acceptors (Lipinski definition) is 3. The molecule has 0 amide bonds. The smallest absolute Gasteiger partial charge is 0.157 e. The van der Waals surface area contributed by atoms with Crippen molar-refractivity contribution in [3.8, 4) is 5.82 Å². The van der Waals surface area contributed by atoms with Gasteiger partial charge in [0.1, 0.15) is 5.82 Å². The van der Waals surface area contributed by atoms with Gasteiger partial charge >= 0.3 is 0 Å². The molecular formula is C11H13FN4. The zero-order valence-electron chi connectivity index (χ0n) is 9.02. The van der Waals surface area contributed by atoms with Crippen molar-refractivity contribution in [2.75, 3.05) is 6.54 Å². The van der Waals surface area contributed by atoms with Gasteiger partial charge in [0.05, 0.1) is 6.20 Å². The van der Waals surface area contributed by atoms with Gasteiger partial charge in [-0.05, 0) is 18.7 Å². The summed E-state index contributed by atoms with van der Waals surface area (Å²) in [6.07, 6.45) is 4.66. The summed E-state index contributed by atoms with van der Waals surface area (Å²) >= 11 is 0. The Balaban J connectivity index is 2.36. The summed E-state index contributed by atoms with van der Waals surface area (Å²) in [6, 6.07) is 3.29. The maximum absolute atomic E-state index is 13.1. The number of nitrogens with zero attached hydrogens (tertiary/aromatic N) is 3. The third kappa shape index (κ3) is 2.25. The van der Waals surface area contributed by atoms with Crippen molar-refractivity contribution in [3.05, 3.63) is 42.1 Å². The maximum atomic E-state index is 13.1. The lowest BCUT2D eigenvalue weighted by Crippen LogP contribution is -2.15. The van der Waals surface area contributed by atoms with E-state index in [1.807, 2.05) is 13.0 Å². The first kappa shape index (κ1) is 10.8. The van der Waals surface area contributed by atoms with Gasteiger partial charge in [0.15, 0.2) is 5.82 Å². The van der Waals surface area contributed by atoms with Crippen molar-refractivity contribution in [2.45, 2.75) is 13.5 Å². The average Bonchev–Trinajstić information content (AvgIpc) is 2.80. The van der Waals surface area contributed by atoms with Crippen molar-refractivity contribution < 1.29 is 4.39 Å². The van der Waals surface area contributed by atoms with E-state index in [0.717, 1.165) is 12.1 Å². The molecule has 1 N–H and O–H groups in total. The van der Waals surface area contributed by atoms with Gasteiger partial charge < -0.3 is 5.32 Å². The van der Waals surface area contributed by atoms with Crippen LogP contribution in [0.3, 0.4) is 0 Å². The summed E-state index contributed by atoms with van der Waals surface area (Å²) in [6.45, 7) is 3.41. The van der Waals surface area contributed by atoms with E-state index in [1.165, 1.54) is 12.3 Å². The molecule has 2 aromatic rings. The van der Waals surface area contributed by atoms with Crippen LogP contribution in [0.1, 0.15) is 12.5 Å². The van der Waals surface area contributed by atoms with Crippen molar-refractivity contribution in [1.29, 1.82) is 0 Å². The fraction of sp³-hybridized carbons (Fsp3) is 0.273. The van der Waals surface area contributed by atoms with Crippen LogP contribution in [-0.4, -0.2) is 21.3 Å². The van der Waals surface area contributed by atoms with Gasteiger partial charge in [0.2, 0.25) is 0 Å². The first-order valence-corrected chi connectivity index (χ1v) is 5.16. The van der Waals surface area contributed by atoms with Gasteiger partial charge in [-0.2, -0.15) is 5.10 Å². The summed E-state index contributed by atoms with van der Waals surface area (Å²) in [4.78, 5) is 4.06. The summed E-state index contributed by atoms with van der Waals surface area (Å²) in [5.74, 6) is 0.330. The number of hydrogen-bond donors (Lipinski definition) is 1. The van der Waals surface area contributed by atoms with E-state index in [2.05, 4.69) is 15.4 Å². The van der Waals surface area contributed by atoms with E-state index >= 15 is 0 Å². The molecule has 84 valence electrons. The molecule has 0 fully saturated rings. The first-order valence-electron chi connectivity index (χ1n) is 5.16. The Morgan fingerprint density at radius 2 is 2.38 bits per heavy atom. The Morgan fingerprint density at radius 3 is 3.06 bits per heavy atom. The Bertz CT molecular complexity index is 453. The van der Waals surface area contributed by atoms with Crippen molar-refractivity contribution in [1.82, 2.24) is 20.1 Å². The van der Waals surface area contributed by atoms with Crippen LogP contribution in [0.5, 0.6) is 0 Å². The molecule has 0 unspecified atom stereocenters. The van der Waals surface area contributed by atoms with Gasteiger partial charge in [-0.15, -0.1) is 0 Å². The summed E-state index contributed by atoms with van der Waals surface area (Å²) in [5.41, 5.74) is 0.797. The predicted octanol–water partition coefficient (Wildman–Crippen LogP) is 1.52. The van der Waals surface area contributed by atoms with Crippen LogP contribution in [0.15, 0.2) is 30.7 Å². The molecule has 0 atom stereocenters. The molecule has 0 aliphatic carbocycles. The first-order chi connectivity index (χ1) is 7.81. The van der Waals surface area contributed by atoms with Crippen LogP contribution in [0.2, 0.25) is 0 Å². The second-order valence-electron chi connectivity index (χ2n) is 3.37. The standard InChI is InChI=1S/C11H13FN4/c1-2-13-7-9-6-10(12)8-14-11(9)16-5-3-4-15-16/h3-6,8,13H,2,7H2,1H3. The van der Waals surface area contributed by atoms with Crippen LogP contribution in [0, 0.1) is 5.82 Å². The van der Waals surface area contributed by atoms with Gasteiger partial charge in [0.25, 0.3) is 0 Å². The number of rotatable bonds is 4. The quantitative estimate of drug-likeness (QED) is 0.849. The highest BCUT2D eigenvalue weighted by atomic mass is 19.1. The highest BCUT2D eigenvalue weighted by Crippen LogP contribution is 2.11. The fourth-order valence-corrected chi connectivity index (χ4v) is 1.46. The molecule has 0 bridgehead atoms. The molecule has 0 aliphatic rings. The summed E-state index contributed by atoms with van der Waals surface area (Å²) in [5, 5.41) is 7.24. The van der Waals surface area contributed by atoms with Crippen molar-refractivity contribution in [2.24, 2.45) is 0 Å². The summed E-state index contributed by atoms with van der Waals surface area (Å²) in [7, 11) is 0. The Hall–Kier alpha value is -1.75. The zero-order valence-corrected chi connectivity index (χ0v) is 9.02. The van der Waals surface area contributed by atoms with E-state index in [4.69, 9.17) is 0 Å². The molecular weight excluding hydrogens is 207 g/mol. The van der Waals surface area contributed by atoms with Crippen molar-refractivity contribution >= 4 is 0 Å². The monoisotopic (exact) mass is 220 g/mol. The number of pyridine rings is 1. The van der Waals surface area contributed by atoms with Gasteiger partial charge in [-0.25, -0.2) is 14.1 Å². The highest BCUT2D eigenvalue weighted by molar-refractivity contribution is 5.32. The second kappa shape index (κ2) is 4.85. The Kier molecular flexibility index (Phi) is 3.26. The largest absolute Gasteiger partial charge is 0.313 e. The molecule has 5 heteroatoms. The number of aromatic nitrogens is 3. The zero-order chi connectivity index (χ0) is 11.4. The fourth-order valence-electron chi connectivity index (χ4n) is 1.46. The molecule has 0 aromatic carbocycles. The second-order valence-corrected chi connectivity index (χ2v) is 3.37. The number of halogens is 1. The van der Waals surface area contributed by atoms with Gasteiger partial charge in [-0.3, -0.25) is 0 Å². The molecule has 16 heavy (non-hydrogen) atoms. The summed E-state index contributed by atoms with van der Waals surface area (Å²) < 4.78 is 14.7. The third-order valence-corrected chi connectivity index (χ3v) is 2.20. The lowest BCUT2D eigenvalue weighted by Gasteiger charge is -2.08. The predicted molar refractivity (Wildman–Crippen MR) is 58.7 cm³/mol. The van der Waals surface area contributed by atoms with E-state index in [0.29, 0.717) is 12.4 Å². The molecule has 4 nitrogen and oxygen atoms in total. The third-order valence-electron chi connectivity index (χ3n) is 2.20. The molecule has 2 rings (SSSR count). The topological polar surface area (TPSA) is 42.7 Å². The normalized spacial score (nSPS) is 10.6. The van der Waals surface area contributed by atoms with E-state index in [1.54, 1.807) is 17.1 Å². The molecule has 2 aromatic heterocycles. The minimum absolute atomic E-state index is 0.330. The maximum Gasteiger partial charge on any atom is 0.157 e. The number of nitrogens with one attached hydrogen (secondary N) is 1. The van der Waals surface area contributed by atoms with Crippen LogP contribution < -0.4 is 5.32 Å². The van der Waals surface area contributed by atoms with Crippen LogP contribution >= 0.6 is 0 Å². The van der Waals surface area contributed by atoms with E-state index in [9.17, 15) is 4.39 Å². The Morgan fingerprint density at radius 1 is 1.50 bits per heavy atom. The van der Waals surface area contributed by atoms with Crippen molar-refractivity contribution in [3.63, 3.8) is 0 Å². The Labute approximate surface area is 93.1 Å². The molecule has 0 aliphatic heterocycles. The molecule has 0 spiro atoms. The minimum atomic E-state index is -0.330. The molecule has 2 heterocycles. The molecule has 0 radical (unpaired) electrons. The van der Waals surface area contributed by atoms with Gasteiger partial charge in [0, 0.05) is 24.5 Å². The lowest BCUT2D eigenvalue weighted by molar-refractivity contribution is 0.610.